The molecule has 0 aliphatic carbocycles. The van der Waals surface area contributed by atoms with Gasteiger partial charge in [0.2, 0.25) is 0 Å². The van der Waals surface area contributed by atoms with Crippen LogP contribution in [0, 0.1) is 0 Å². The van der Waals surface area contributed by atoms with Gasteiger partial charge in [0.15, 0.2) is 0 Å². The van der Waals surface area contributed by atoms with Crippen LogP contribution in [0.4, 0.5) is 8.78 Å². The number of halogens is 4. The van der Waals surface area contributed by atoms with Gasteiger partial charge in [0.1, 0.15) is 5.69 Å². The summed E-state index contributed by atoms with van der Waals surface area (Å²) in [5, 5.41) is 0. The lowest BCUT2D eigenvalue weighted by Gasteiger charge is -2.04. The summed E-state index contributed by atoms with van der Waals surface area (Å²) < 4.78 is 24.0. The Balaban J connectivity index is 0. The van der Waals surface area contributed by atoms with E-state index in [1.54, 1.807) is 13.0 Å². The maximum atomic E-state index is 12.0. The van der Waals surface area contributed by atoms with Gasteiger partial charge in [0.05, 0.1) is 0 Å². The Morgan fingerprint density at radius 1 is 1.29 bits per heavy atom. The van der Waals surface area contributed by atoms with Crippen molar-refractivity contribution in [2.24, 2.45) is 5.73 Å². The number of hydrogen-bond acceptors (Lipinski definition) is 2. The lowest BCUT2D eigenvalue weighted by Crippen LogP contribution is -2.05. The van der Waals surface area contributed by atoms with Crippen LogP contribution in [-0.4, -0.2) is 4.98 Å². The van der Waals surface area contributed by atoms with E-state index in [2.05, 4.69) is 4.98 Å². The molecule has 1 aromatic heterocycles. The topological polar surface area (TPSA) is 38.9 Å². The lowest BCUT2D eigenvalue weighted by atomic mass is 10.1. The molecule has 0 spiro atoms. The van der Waals surface area contributed by atoms with Crippen molar-refractivity contribution in [3.05, 3.63) is 29.6 Å². The SMILES string of the molecule is C[C@@H](N)c1ccc(C(F)F)nc1.Cl.Cl. The number of rotatable bonds is 2. The average molecular weight is 245 g/mol. The summed E-state index contributed by atoms with van der Waals surface area (Å²) in [7, 11) is 0. The molecule has 0 unspecified atom stereocenters. The van der Waals surface area contributed by atoms with Gasteiger partial charge >= 0.3 is 0 Å². The maximum Gasteiger partial charge on any atom is 0.280 e. The first-order chi connectivity index (χ1) is 5.61. The lowest BCUT2D eigenvalue weighted by molar-refractivity contribution is 0.146. The first-order valence-electron chi connectivity index (χ1n) is 3.61. The van der Waals surface area contributed by atoms with Crippen molar-refractivity contribution in [2.75, 3.05) is 0 Å². The third-order valence-corrected chi connectivity index (χ3v) is 1.56. The van der Waals surface area contributed by atoms with E-state index in [0.29, 0.717) is 0 Å². The van der Waals surface area contributed by atoms with E-state index in [1.807, 2.05) is 0 Å². The summed E-state index contributed by atoms with van der Waals surface area (Å²) in [6.07, 6.45) is -1.13. The molecular formula is C8H12Cl2F2N2. The van der Waals surface area contributed by atoms with E-state index >= 15 is 0 Å². The van der Waals surface area contributed by atoms with Gasteiger partial charge in [-0.2, -0.15) is 0 Å². The maximum absolute atomic E-state index is 12.0. The summed E-state index contributed by atoms with van der Waals surface area (Å²) >= 11 is 0. The first-order valence-corrected chi connectivity index (χ1v) is 3.61. The zero-order valence-electron chi connectivity index (χ0n) is 7.48. The van der Waals surface area contributed by atoms with Gasteiger partial charge in [0, 0.05) is 12.2 Å². The van der Waals surface area contributed by atoms with Crippen LogP contribution in [0.1, 0.15) is 30.6 Å². The fourth-order valence-corrected chi connectivity index (χ4v) is 0.815. The van der Waals surface area contributed by atoms with Gasteiger partial charge in [-0.3, -0.25) is 4.98 Å². The third-order valence-electron chi connectivity index (χ3n) is 1.56. The van der Waals surface area contributed by atoms with Gasteiger partial charge in [-0.05, 0) is 18.6 Å². The van der Waals surface area contributed by atoms with E-state index < -0.39 is 6.43 Å². The number of alkyl halides is 2. The fourth-order valence-electron chi connectivity index (χ4n) is 0.815. The van der Waals surface area contributed by atoms with Crippen LogP contribution in [0.3, 0.4) is 0 Å². The third kappa shape index (κ3) is 4.17. The number of hydrogen-bond donors (Lipinski definition) is 1. The second-order valence-electron chi connectivity index (χ2n) is 2.61. The molecule has 0 fully saturated rings. The van der Waals surface area contributed by atoms with Crippen LogP contribution < -0.4 is 5.73 Å². The Hall–Kier alpha value is -0.450. The monoisotopic (exact) mass is 244 g/mol. The van der Waals surface area contributed by atoms with E-state index in [9.17, 15) is 8.78 Å². The quantitative estimate of drug-likeness (QED) is 0.869. The molecule has 1 atom stereocenters. The highest BCUT2D eigenvalue weighted by molar-refractivity contribution is 5.85. The van der Waals surface area contributed by atoms with Crippen molar-refractivity contribution >= 4 is 24.8 Å². The average Bonchev–Trinajstić information content (AvgIpc) is 2.04. The molecule has 1 aromatic rings. The van der Waals surface area contributed by atoms with Crippen molar-refractivity contribution in [2.45, 2.75) is 19.4 Å². The Labute approximate surface area is 93.7 Å². The van der Waals surface area contributed by atoms with Crippen molar-refractivity contribution in [1.82, 2.24) is 4.98 Å². The zero-order chi connectivity index (χ0) is 9.14. The minimum absolute atomic E-state index is 0. The number of pyridine rings is 1. The van der Waals surface area contributed by atoms with E-state index in [1.165, 1.54) is 12.3 Å². The second-order valence-corrected chi connectivity index (χ2v) is 2.61. The van der Waals surface area contributed by atoms with Gasteiger partial charge in [0.25, 0.3) is 6.43 Å². The first kappa shape index (κ1) is 16.0. The van der Waals surface area contributed by atoms with Gasteiger partial charge in [-0.1, -0.05) is 6.07 Å². The van der Waals surface area contributed by atoms with Crippen molar-refractivity contribution < 1.29 is 8.78 Å². The summed E-state index contributed by atoms with van der Waals surface area (Å²) in [5.41, 5.74) is 6.07. The van der Waals surface area contributed by atoms with Crippen LogP contribution in [0.2, 0.25) is 0 Å². The largest absolute Gasteiger partial charge is 0.324 e. The van der Waals surface area contributed by atoms with Gasteiger partial charge in [-0.25, -0.2) is 8.78 Å². The molecule has 0 radical (unpaired) electrons. The van der Waals surface area contributed by atoms with E-state index in [-0.39, 0.29) is 36.5 Å². The van der Waals surface area contributed by atoms with Crippen LogP contribution in [0.5, 0.6) is 0 Å². The molecule has 2 nitrogen and oxygen atoms in total. The molecule has 0 aliphatic heterocycles. The molecule has 14 heavy (non-hydrogen) atoms. The Kier molecular flexibility index (Phi) is 7.91. The van der Waals surface area contributed by atoms with E-state index in [0.717, 1.165) is 5.56 Å². The molecule has 1 heterocycles. The molecule has 1 rings (SSSR count). The summed E-state index contributed by atoms with van der Waals surface area (Å²) in [6.45, 7) is 1.78. The molecule has 6 heteroatoms. The normalized spacial score (nSPS) is 11.5. The summed E-state index contributed by atoms with van der Waals surface area (Å²) in [5.74, 6) is 0. The molecule has 82 valence electrons. The van der Waals surface area contributed by atoms with Crippen LogP contribution in [-0.2, 0) is 0 Å². The number of aromatic nitrogens is 1. The number of nitrogens with two attached hydrogens (primary N) is 1. The highest BCUT2D eigenvalue weighted by Gasteiger charge is 2.08. The predicted molar refractivity (Wildman–Crippen MR) is 56.3 cm³/mol. The minimum atomic E-state index is -2.51. The van der Waals surface area contributed by atoms with Crippen molar-refractivity contribution in [3.8, 4) is 0 Å². The molecule has 0 bridgehead atoms. The van der Waals surface area contributed by atoms with Crippen LogP contribution in [0.25, 0.3) is 0 Å². The molecule has 2 N–H and O–H groups in total. The van der Waals surface area contributed by atoms with Gasteiger partial charge in [-0.15, -0.1) is 24.8 Å². The summed E-state index contributed by atoms with van der Waals surface area (Å²) in [4.78, 5) is 3.57. The molecule has 0 aliphatic rings. The highest BCUT2D eigenvalue weighted by Crippen LogP contribution is 2.17. The van der Waals surface area contributed by atoms with E-state index in [4.69, 9.17) is 5.73 Å². The fraction of sp³-hybridized carbons (Fsp3) is 0.375. The zero-order valence-corrected chi connectivity index (χ0v) is 9.12. The Morgan fingerprint density at radius 2 is 1.86 bits per heavy atom. The van der Waals surface area contributed by atoms with Gasteiger partial charge < -0.3 is 5.73 Å². The molecule has 0 saturated carbocycles. The van der Waals surface area contributed by atoms with Crippen molar-refractivity contribution in [1.29, 1.82) is 0 Å². The minimum Gasteiger partial charge on any atom is -0.324 e. The second kappa shape index (κ2) is 6.92. The molecule has 0 saturated heterocycles. The number of nitrogens with zero attached hydrogens (tertiary/aromatic N) is 1. The molecule has 0 aromatic carbocycles. The standard InChI is InChI=1S/C8H10F2N2.2ClH/c1-5(11)6-2-3-7(8(9)10)12-4-6;;/h2-5,8H,11H2,1H3;2*1H/t5-;;/m1../s1. The predicted octanol–water partition coefficient (Wildman–Crippen LogP) is 2.88. The molecule has 0 amide bonds. The van der Waals surface area contributed by atoms with Crippen LogP contribution >= 0.6 is 24.8 Å². The molecular weight excluding hydrogens is 233 g/mol. The Bertz CT molecular complexity index is 225. The smallest absolute Gasteiger partial charge is 0.280 e. The van der Waals surface area contributed by atoms with Crippen LogP contribution in [0.15, 0.2) is 18.3 Å². The highest BCUT2D eigenvalue weighted by atomic mass is 35.5. The van der Waals surface area contributed by atoms with Crippen molar-refractivity contribution in [3.63, 3.8) is 0 Å². The Morgan fingerprint density at radius 3 is 2.14 bits per heavy atom. The summed E-state index contributed by atoms with van der Waals surface area (Å²) in [6, 6.07) is 2.70.